The molecule has 0 saturated heterocycles. The highest BCUT2D eigenvalue weighted by molar-refractivity contribution is 9.10. The minimum Gasteiger partial charge on any atom is -0.364 e. The Hall–Kier alpha value is -1.37. The van der Waals surface area contributed by atoms with Crippen LogP contribution in [0, 0.1) is 0 Å². The molecule has 1 aliphatic heterocycles. The molecule has 0 saturated carbocycles. The fourth-order valence-corrected chi connectivity index (χ4v) is 3.87. The van der Waals surface area contributed by atoms with Crippen LogP contribution in [0.2, 0.25) is 0 Å². The number of benzene rings is 2. The van der Waals surface area contributed by atoms with Gasteiger partial charge in [-0.15, -0.1) is 0 Å². The fourth-order valence-electron chi connectivity index (χ4n) is 2.90. The lowest BCUT2D eigenvalue weighted by molar-refractivity contribution is 0.597. The van der Waals surface area contributed by atoms with Crippen molar-refractivity contribution < 1.29 is 8.42 Å². The van der Waals surface area contributed by atoms with Crippen molar-refractivity contribution in [3.05, 3.63) is 58.1 Å². The van der Waals surface area contributed by atoms with E-state index in [1.54, 1.807) is 12.1 Å². The summed E-state index contributed by atoms with van der Waals surface area (Å²) in [6.07, 6.45) is 0.823. The van der Waals surface area contributed by atoms with Gasteiger partial charge in [0.1, 0.15) is 0 Å². The summed E-state index contributed by atoms with van der Waals surface area (Å²) in [7, 11) is -3.65. The van der Waals surface area contributed by atoms with Gasteiger partial charge < -0.3 is 4.90 Å². The third kappa shape index (κ3) is 2.91. The summed E-state index contributed by atoms with van der Waals surface area (Å²) in [6.45, 7) is 2.93. The summed E-state index contributed by atoms with van der Waals surface area (Å²) in [5.74, 6) is 0. The predicted molar refractivity (Wildman–Crippen MR) is 91.3 cm³/mol. The van der Waals surface area contributed by atoms with E-state index < -0.39 is 10.0 Å². The van der Waals surface area contributed by atoms with Gasteiger partial charge in [0, 0.05) is 22.7 Å². The standard InChI is InChI=1S/C16H17BrN2O2S/c1-11-8-13-9-14(22(18,20)21)6-7-16(13)19(11)10-12-4-2-3-5-15(12)17/h2-7,9,11H,8,10H2,1H3,(H2,18,20,21)/t11-/m1/s1. The van der Waals surface area contributed by atoms with Crippen molar-refractivity contribution in [1.29, 1.82) is 0 Å². The van der Waals surface area contributed by atoms with E-state index in [2.05, 4.69) is 33.8 Å². The van der Waals surface area contributed by atoms with Crippen LogP contribution >= 0.6 is 15.9 Å². The molecule has 116 valence electrons. The van der Waals surface area contributed by atoms with E-state index >= 15 is 0 Å². The van der Waals surface area contributed by atoms with E-state index in [0.29, 0.717) is 6.04 Å². The molecule has 1 atom stereocenters. The van der Waals surface area contributed by atoms with E-state index in [1.807, 2.05) is 24.3 Å². The molecule has 2 aromatic carbocycles. The molecule has 0 aromatic heterocycles. The minimum atomic E-state index is -3.65. The topological polar surface area (TPSA) is 63.4 Å². The van der Waals surface area contributed by atoms with Gasteiger partial charge in [-0.3, -0.25) is 0 Å². The third-order valence-electron chi connectivity index (χ3n) is 4.03. The average molecular weight is 381 g/mol. The molecule has 0 aliphatic carbocycles. The maximum Gasteiger partial charge on any atom is 0.238 e. The molecule has 2 aromatic rings. The lowest BCUT2D eigenvalue weighted by Crippen LogP contribution is -2.28. The highest BCUT2D eigenvalue weighted by Crippen LogP contribution is 2.35. The number of nitrogens with two attached hydrogens (primary N) is 1. The molecular formula is C16H17BrN2O2S. The maximum atomic E-state index is 11.5. The van der Waals surface area contributed by atoms with Crippen molar-refractivity contribution in [3.63, 3.8) is 0 Å². The molecule has 22 heavy (non-hydrogen) atoms. The Bertz CT molecular complexity index is 821. The van der Waals surface area contributed by atoms with Crippen LogP contribution < -0.4 is 10.0 Å². The number of hydrogen-bond acceptors (Lipinski definition) is 3. The number of anilines is 1. The second-order valence-corrected chi connectivity index (χ2v) is 8.02. The van der Waals surface area contributed by atoms with Crippen molar-refractivity contribution in [1.82, 2.24) is 0 Å². The normalized spacial score (nSPS) is 17.6. The lowest BCUT2D eigenvalue weighted by atomic mass is 10.1. The number of primary sulfonamides is 1. The molecule has 1 heterocycles. The van der Waals surface area contributed by atoms with Crippen LogP contribution in [-0.2, 0) is 23.0 Å². The van der Waals surface area contributed by atoms with Crippen LogP contribution in [0.5, 0.6) is 0 Å². The molecule has 1 aliphatic rings. The van der Waals surface area contributed by atoms with Gasteiger partial charge in [-0.05, 0) is 48.7 Å². The van der Waals surface area contributed by atoms with Gasteiger partial charge in [0.2, 0.25) is 10.0 Å². The van der Waals surface area contributed by atoms with Gasteiger partial charge in [0.05, 0.1) is 4.90 Å². The van der Waals surface area contributed by atoms with E-state index in [0.717, 1.165) is 28.7 Å². The van der Waals surface area contributed by atoms with Crippen LogP contribution in [0.4, 0.5) is 5.69 Å². The number of rotatable bonds is 3. The molecule has 4 nitrogen and oxygen atoms in total. The summed E-state index contributed by atoms with van der Waals surface area (Å²) < 4.78 is 24.1. The highest BCUT2D eigenvalue weighted by atomic mass is 79.9. The van der Waals surface area contributed by atoms with Crippen molar-refractivity contribution in [2.45, 2.75) is 30.8 Å². The molecule has 0 unspecified atom stereocenters. The monoisotopic (exact) mass is 380 g/mol. The molecule has 0 radical (unpaired) electrons. The van der Waals surface area contributed by atoms with Gasteiger partial charge in [-0.25, -0.2) is 13.6 Å². The Balaban J connectivity index is 1.95. The highest BCUT2D eigenvalue weighted by Gasteiger charge is 2.27. The number of halogens is 1. The van der Waals surface area contributed by atoms with Crippen LogP contribution in [-0.4, -0.2) is 14.5 Å². The van der Waals surface area contributed by atoms with Crippen LogP contribution in [0.25, 0.3) is 0 Å². The summed E-state index contributed by atoms with van der Waals surface area (Å²) >= 11 is 3.58. The predicted octanol–water partition coefficient (Wildman–Crippen LogP) is 3.05. The van der Waals surface area contributed by atoms with Gasteiger partial charge in [0.25, 0.3) is 0 Å². The first-order valence-corrected chi connectivity index (χ1v) is 9.36. The molecule has 0 bridgehead atoms. The largest absolute Gasteiger partial charge is 0.364 e. The molecule has 2 N–H and O–H groups in total. The summed E-state index contributed by atoms with van der Waals surface area (Å²) in [5.41, 5.74) is 3.32. The lowest BCUT2D eigenvalue weighted by Gasteiger charge is -2.25. The van der Waals surface area contributed by atoms with Gasteiger partial charge in [-0.1, -0.05) is 34.1 Å². The quantitative estimate of drug-likeness (QED) is 0.889. The average Bonchev–Trinajstić information content (AvgIpc) is 2.76. The van der Waals surface area contributed by atoms with Gasteiger partial charge in [-0.2, -0.15) is 0 Å². The Morgan fingerprint density at radius 3 is 2.68 bits per heavy atom. The zero-order chi connectivity index (χ0) is 15.9. The number of sulfonamides is 1. The van der Waals surface area contributed by atoms with Crippen molar-refractivity contribution in [3.8, 4) is 0 Å². The van der Waals surface area contributed by atoms with Crippen LogP contribution in [0.15, 0.2) is 51.8 Å². The first-order valence-electron chi connectivity index (χ1n) is 7.02. The molecular weight excluding hydrogens is 364 g/mol. The molecule has 3 rings (SSSR count). The first-order chi connectivity index (χ1) is 10.4. The van der Waals surface area contributed by atoms with E-state index in [4.69, 9.17) is 5.14 Å². The maximum absolute atomic E-state index is 11.5. The molecule has 0 spiro atoms. The second-order valence-electron chi connectivity index (χ2n) is 5.61. The fraction of sp³-hybridized carbons (Fsp3) is 0.250. The van der Waals surface area contributed by atoms with Crippen LogP contribution in [0.1, 0.15) is 18.1 Å². The molecule has 6 heteroatoms. The molecule has 0 fully saturated rings. The Labute approximate surface area is 139 Å². The number of nitrogens with zero attached hydrogens (tertiary/aromatic N) is 1. The van der Waals surface area contributed by atoms with E-state index in [1.165, 1.54) is 5.56 Å². The Morgan fingerprint density at radius 2 is 2.00 bits per heavy atom. The van der Waals surface area contributed by atoms with E-state index in [9.17, 15) is 8.42 Å². The van der Waals surface area contributed by atoms with Gasteiger partial charge >= 0.3 is 0 Å². The zero-order valence-electron chi connectivity index (χ0n) is 12.2. The number of fused-ring (bicyclic) bond motifs is 1. The third-order valence-corrected chi connectivity index (χ3v) is 5.72. The summed E-state index contributed by atoms with van der Waals surface area (Å²) in [4.78, 5) is 2.48. The van der Waals surface area contributed by atoms with Crippen molar-refractivity contribution >= 4 is 31.6 Å². The summed E-state index contributed by atoms with van der Waals surface area (Å²) in [6, 6.07) is 13.6. The SMILES string of the molecule is C[C@@H]1Cc2cc(S(N)(=O)=O)ccc2N1Cc1ccccc1Br. The van der Waals surface area contributed by atoms with Crippen LogP contribution in [0.3, 0.4) is 0 Å². The Morgan fingerprint density at radius 1 is 1.27 bits per heavy atom. The van der Waals surface area contributed by atoms with Crippen molar-refractivity contribution in [2.75, 3.05) is 4.90 Å². The molecule has 0 amide bonds. The van der Waals surface area contributed by atoms with E-state index in [-0.39, 0.29) is 4.90 Å². The zero-order valence-corrected chi connectivity index (χ0v) is 14.6. The number of hydrogen-bond donors (Lipinski definition) is 1. The minimum absolute atomic E-state index is 0.182. The Kier molecular flexibility index (Phi) is 4.01. The second kappa shape index (κ2) is 5.68. The summed E-state index contributed by atoms with van der Waals surface area (Å²) in [5, 5.41) is 5.22. The van der Waals surface area contributed by atoms with Crippen molar-refractivity contribution in [2.24, 2.45) is 5.14 Å². The first kappa shape index (κ1) is 15.5. The van der Waals surface area contributed by atoms with Gasteiger partial charge in [0.15, 0.2) is 0 Å². The smallest absolute Gasteiger partial charge is 0.238 e.